The first-order valence-electron chi connectivity index (χ1n) is 7.99. The molecule has 1 saturated heterocycles. The van der Waals surface area contributed by atoms with Gasteiger partial charge in [-0.2, -0.15) is 5.26 Å². The normalized spacial score (nSPS) is 18.2. The van der Waals surface area contributed by atoms with Crippen molar-refractivity contribution in [2.24, 2.45) is 0 Å². The second-order valence-corrected chi connectivity index (χ2v) is 5.96. The first kappa shape index (κ1) is 16.1. The first-order valence-corrected chi connectivity index (χ1v) is 7.99. The summed E-state index contributed by atoms with van der Waals surface area (Å²) in [6, 6.07) is 10.6. The smallest absolute Gasteiger partial charge is 0.263 e. The number of ether oxygens (including phenoxy) is 1. The van der Waals surface area contributed by atoms with E-state index in [0.29, 0.717) is 17.9 Å². The number of nitrogens with zero attached hydrogens (tertiary/aromatic N) is 3. The number of hydrogen-bond acceptors (Lipinski definition) is 5. The number of benzene rings is 1. The Morgan fingerprint density at radius 1 is 1.46 bits per heavy atom. The van der Waals surface area contributed by atoms with Crippen LogP contribution in [0.1, 0.15) is 42.8 Å². The number of aryl methyl sites for hydroxylation is 1. The van der Waals surface area contributed by atoms with Crippen LogP contribution in [-0.2, 0) is 4.79 Å². The molecule has 1 aromatic carbocycles. The molecule has 2 aromatic rings. The summed E-state index contributed by atoms with van der Waals surface area (Å²) in [6.45, 7) is 4.29. The largest absolute Gasteiger partial charge is 0.481 e. The Labute approximate surface area is 140 Å². The highest BCUT2D eigenvalue weighted by molar-refractivity contribution is 5.81. The third-order valence-corrected chi connectivity index (χ3v) is 4.15. The van der Waals surface area contributed by atoms with Crippen LogP contribution in [-0.4, -0.2) is 28.6 Å². The summed E-state index contributed by atoms with van der Waals surface area (Å²) in [6.07, 6.45) is 1.19. The second kappa shape index (κ2) is 6.75. The topological polar surface area (TPSA) is 79.4 Å². The summed E-state index contributed by atoms with van der Waals surface area (Å²) >= 11 is 0. The molecular formula is C18H19N3O3. The fourth-order valence-corrected chi connectivity index (χ4v) is 2.96. The molecule has 6 nitrogen and oxygen atoms in total. The van der Waals surface area contributed by atoms with Crippen LogP contribution in [0.15, 0.2) is 34.9 Å². The number of carbonyl (C=O) groups is 1. The molecule has 3 rings (SSSR count). The Morgan fingerprint density at radius 3 is 2.83 bits per heavy atom. The molecule has 2 atom stereocenters. The van der Waals surface area contributed by atoms with Crippen molar-refractivity contribution >= 4 is 5.91 Å². The van der Waals surface area contributed by atoms with Crippen LogP contribution >= 0.6 is 0 Å². The number of carbonyl (C=O) groups excluding carboxylic acids is 1. The van der Waals surface area contributed by atoms with Gasteiger partial charge in [0, 0.05) is 12.6 Å². The van der Waals surface area contributed by atoms with Crippen molar-refractivity contribution < 1.29 is 14.1 Å². The van der Waals surface area contributed by atoms with Gasteiger partial charge in [0.25, 0.3) is 5.91 Å². The highest BCUT2D eigenvalue weighted by atomic mass is 16.5. The second-order valence-electron chi connectivity index (χ2n) is 5.96. The van der Waals surface area contributed by atoms with Gasteiger partial charge in [0.15, 0.2) is 11.9 Å². The van der Waals surface area contributed by atoms with E-state index in [2.05, 4.69) is 11.2 Å². The van der Waals surface area contributed by atoms with E-state index < -0.39 is 6.10 Å². The van der Waals surface area contributed by atoms with Crippen molar-refractivity contribution in [2.75, 3.05) is 6.54 Å². The van der Waals surface area contributed by atoms with Crippen LogP contribution in [0.4, 0.5) is 0 Å². The van der Waals surface area contributed by atoms with Gasteiger partial charge in [-0.3, -0.25) is 4.79 Å². The molecule has 6 heteroatoms. The number of amides is 1. The van der Waals surface area contributed by atoms with Gasteiger partial charge in [-0.25, -0.2) is 0 Å². The van der Waals surface area contributed by atoms with Crippen molar-refractivity contribution in [1.29, 1.82) is 5.26 Å². The highest BCUT2D eigenvalue weighted by Crippen LogP contribution is 2.33. The minimum atomic E-state index is -0.609. The maximum absolute atomic E-state index is 12.7. The van der Waals surface area contributed by atoms with Crippen molar-refractivity contribution in [3.8, 4) is 11.8 Å². The van der Waals surface area contributed by atoms with Gasteiger partial charge in [-0.05, 0) is 51.0 Å². The third-order valence-electron chi connectivity index (χ3n) is 4.15. The number of hydrogen-bond donors (Lipinski definition) is 0. The van der Waals surface area contributed by atoms with Crippen molar-refractivity contribution in [3.05, 3.63) is 47.3 Å². The molecule has 0 aliphatic carbocycles. The molecule has 0 N–H and O–H groups in total. The van der Waals surface area contributed by atoms with Crippen LogP contribution < -0.4 is 4.74 Å². The van der Waals surface area contributed by atoms with Gasteiger partial charge < -0.3 is 14.2 Å². The number of likely N-dealkylation sites (tertiary alicyclic amines) is 1. The Balaban J connectivity index is 1.69. The molecule has 1 aliphatic rings. The van der Waals surface area contributed by atoms with Crippen molar-refractivity contribution in [1.82, 2.24) is 10.1 Å². The zero-order chi connectivity index (χ0) is 17.1. The maximum Gasteiger partial charge on any atom is 0.263 e. The van der Waals surface area contributed by atoms with Crippen molar-refractivity contribution in [3.63, 3.8) is 0 Å². The predicted molar refractivity (Wildman–Crippen MR) is 86.2 cm³/mol. The van der Waals surface area contributed by atoms with Gasteiger partial charge in [0.2, 0.25) is 0 Å². The molecule has 0 radical (unpaired) electrons. The predicted octanol–water partition coefficient (Wildman–Crippen LogP) is 2.99. The monoisotopic (exact) mass is 325 g/mol. The molecule has 1 amide bonds. The molecule has 24 heavy (non-hydrogen) atoms. The molecule has 0 unspecified atom stereocenters. The quantitative estimate of drug-likeness (QED) is 0.863. The van der Waals surface area contributed by atoms with Crippen LogP contribution in [0.25, 0.3) is 0 Å². The van der Waals surface area contributed by atoms with E-state index in [0.717, 1.165) is 24.3 Å². The van der Waals surface area contributed by atoms with Crippen LogP contribution in [0, 0.1) is 18.3 Å². The lowest BCUT2D eigenvalue weighted by molar-refractivity contribution is -0.139. The van der Waals surface area contributed by atoms with E-state index in [-0.39, 0.29) is 11.9 Å². The number of rotatable bonds is 4. The van der Waals surface area contributed by atoms with E-state index in [1.165, 1.54) is 0 Å². The van der Waals surface area contributed by atoms with Crippen LogP contribution in [0.5, 0.6) is 5.75 Å². The average Bonchev–Trinajstić information content (AvgIpc) is 3.23. The molecule has 1 fully saturated rings. The standard InChI is InChI=1S/C18H19N3O3/c1-12-10-17(24-20-12)16-4-3-9-21(16)18(22)13(2)23-15-7-5-14(11-19)6-8-15/h5-8,10,13,16H,3-4,9H2,1-2H3/t13-,16-/m0/s1. The van der Waals surface area contributed by atoms with Gasteiger partial charge in [0.1, 0.15) is 5.75 Å². The Bertz CT molecular complexity index is 761. The molecule has 0 saturated carbocycles. The fourth-order valence-electron chi connectivity index (χ4n) is 2.96. The Kier molecular flexibility index (Phi) is 4.52. The van der Waals surface area contributed by atoms with E-state index in [1.54, 1.807) is 36.1 Å². The summed E-state index contributed by atoms with van der Waals surface area (Å²) in [5, 5.41) is 12.7. The number of nitriles is 1. The SMILES string of the molecule is Cc1cc([C@@H]2CCCN2C(=O)[C@H](C)Oc2ccc(C#N)cc2)on1. The number of aromatic nitrogens is 1. The molecule has 0 bridgehead atoms. The lowest BCUT2D eigenvalue weighted by Gasteiger charge is -2.26. The van der Waals surface area contributed by atoms with Gasteiger partial charge in [-0.15, -0.1) is 0 Å². The molecule has 1 aromatic heterocycles. The average molecular weight is 325 g/mol. The van der Waals surface area contributed by atoms with Gasteiger partial charge >= 0.3 is 0 Å². The fraction of sp³-hybridized carbons (Fsp3) is 0.389. The maximum atomic E-state index is 12.7. The lowest BCUT2D eigenvalue weighted by atomic mass is 10.1. The van der Waals surface area contributed by atoms with Gasteiger partial charge in [-0.1, -0.05) is 5.16 Å². The molecule has 1 aliphatic heterocycles. The van der Waals surface area contributed by atoms with E-state index in [4.69, 9.17) is 14.5 Å². The molecule has 0 spiro atoms. The van der Waals surface area contributed by atoms with Crippen molar-refractivity contribution in [2.45, 2.75) is 38.8 Å². The minimum absolute atomic E-state index is 0.0732. The molecule has 2 heterocycles. The highest BCUT2D eigenvalue weighted by Gasteiger charge is 2.35. The molecular weight excluding hydrogens is 306 g/mol. The summed E-state index contributed by atoms with van der Waals surface area (Å²) in [7, 11) is 0. The minimum Gasteiger partial charge on any atom is -0.481 e. The molecule has 124 valence electrons. The Hall–Kier alpha value is -2.81. The summed E-state index contributed by atoms with van der Waals surface area (Å²) in [5.41, 5.74) is 1.37. The first-order chi connectivity index (χ1) is 11.6. The third kappa shape index (κ3) is 3.25. The summed E-state index contributed by atoms with van der Waals surface area (Å²) in [5.74, 6) is 1.22. The van der Waals surface area contributed by atoms with E-state index in [9.17, 15) is 4.79 Å². The van der Waals surface area contributed by atoms with E-state index >= 15 is 0 Å². The zero-order valence-electron chi connectivity index (χ0n) is 13.7. The zero-order valence-corrected chi connectivity index (χ0v) is 13.7. The summed E-state index contributed by atoms with van der Waals surface area (Å²) < 4.78 is 11.1. The van der Waals surface area contributed by atoms with Gasteiger partial charge in [0.05, 0.1) is 23.4 Å². The summed E-state index contributed by atoms with van der Waals surface area (Å²) in [4.78, 5) is 14.5. The van der Waals surface area contributed by atoms with E-state index in [1.807, 2.05) is 13.0 Å². The van der Waals surface area contributed by atoms with Crippen LogP contribution in [0.3, 0.4) is 0 Å². The lowest BCUT2D eigenvalue weighted by Crippen LogP contribution is -2.40. The Morgan fingerprint density at radius 2 is 2.21 bits per heavy atom. The van der Waals surface area contributed by atoms with Crippen LogP contribution in [0.2, 0.25) is 0 Å².